The lowest BCUT2D eigenvalue weighted by Crippen LogP contribution is -2.55. The van der Waals surface area contributed by atoms with E-state index < -0.39 is 26.8 Å². The molecule has 1 saturated carbocycles. The summed E-state index contributed by atoms with van der Waals surface area (Å²) in [6.07, 6.45) is 10.5. The number of thioether (sulfide) groups is 2. The fourth-order valence-corrected chi connectivity index (χ4v) is 14.7. The molecular weight excluding hydrogens is 840 g/mol. The molecule has 0 radical (unpaired) electrons. The van der Waals surface area contributed by atoms with E-state index in [0.29, 0.717) is 37.9 Å². The summed E-state index contributed by atoms with van der Waals surface area (Å²) in [4.78, 5) is 18.3. The first-order valence-electron chi connectivity index (χ1n) is 21.8. The number of carbonyl (C=O) groups is 1. The van der Waals surface area contributed by atoms with Gasteiger partial charge in [-0.2, -0.15) is 0 Å². The molecule has 15 heteroatoms. The second-order valence-electron chi connectivity index (χ2n) is 17.7. The smallest absolute Gasteiger partial charge is 0.264 e. The molecule has 2 aromatic rings. The van der Waals surface area contributed by atoms with E-state index in [0.717, 1.165) is 100 Å². The van der Waals surface area contributed by atoms with E-state index in [-0.39, 0.29) is 33.3 Å². The third-order valence-corrected chi connectivity index (χ3v) is 19.1. The van der Waals surface area contributed by atoms with Gasteiger partial charge in [0.2, 0.25) is 10.0 Å². The minimum atomic E-state index is -3.95. The maximum Gasteiger partial charge on any atom is 0.264 e. The number of amides is 1. The van der Waals surface area contributed by atoms with Crippen LogP contribution >= 0.6 is 35.1 Å². The molecular formula is C45H65ClN4O7S3. The second-order valence-corrected chi connectivity index (χ2v) is 22.9. The highest BCUT2D eigenvalue weighted by molar-refractivity contribution is 8.17. The number of nitrogens with zero attached hydrogens (tertiary/aromatic N) is 2. The summed E-state index contributed by atoms with van der Waals surface area (Å²) in [6, 6.07) is 11.9. The molecule has 2 saturated heterocycles. The number of hydrogen-bond acceptors (Lipinski definition) is 12. The van der Waals surface area contributed by atoms with Gasteiger partial charge in [0.25, 0.3) is 5.91 Å². The Kier molecular flexibility index (Phi) is 15.5. The van der Waals surface area contributed by atoms with Crippen molar-refractivity contribution >= 4 is 56.7 Å². The van der Waals surface area contributed by atoms with Crippen molar-refractivity contribution in [3.8, 4) is 5.75 Å². The Labute approximate surface area is 371 Å². The van der Waals surface area contributed by atoms with Gasteiger partial charge in [-0.25, -0.2) is 13.1 Å². The van der Waals surface area contributed by atoms with Crippen LogP contribution in [0.25, 0.3) is 0 Å². The summed E-state index contributed by atoms with van der Waals surface area (Å²) in [5.41, 5.74) is 2.32. The number of carbonyl (C=O) groups excluding carboxylic acids is 1. The van der Waals surface area contributed by atoms with E-state index in [1.54, 1.807) is 33.3 Å². The summed E-state index contributed by atoms with van der Waals surface area (Å²) >= 11 is 10.2. The zero-order valence-electron chi connectivity index (χ0n) is 35.7. The maximum atomic E-state index is 13.5. The van der Waals surface area contributed by atoms with Crippen LogP contribution in [0, 0.1) is 17.8 Å². The Balaban J connectivity index is 0.000000359. The van der Waals surface area contributed by atoms with E-state index in [4.69, 9.17) is 25.8 Å². The zero-order valence-corrected chi connectivity index (χ0v) is 38.9. The average Bonchev–Trinajstić information content (AvgIpc) is 3.38. The lowest BCUT2D eigenvalue weighted by atomic mass is 9.64. The van der Waals surface area contributed by atoms with Crippen molar-refractivity contribution in [1.29, 1.82) is 0 Å². The van der Waals surface area contributed by atoms with Crippen LogP contribution in [-0.2, 0) is 31.3 Å². The van der Waals surface area contributed by atoms with Gasteiger partial charge in [-0.3, -0.25) is 9.69 Å². The van der Waals surface area contributed by atoms with Crippen LogP contribution in [-0.4, -0.2) is 131 Å². The molecule has 2 aromatic carbocycles. The number of rotatable bonds is 6. The third kappa shape index (κ3) is 10.2. The zero-order chi connectivity index (χ0) is 42.5. The fraction of sp³-hybridized carbons (Fsp3) is 0.667. The van der Waals surface area contributed by atoms with E-state index in [1.807, 2.05) is 54.7 Å². The predicted molar refractivity (Wildman–Crippen MR) is 245 cm³/mol. The summed E-state index contributed by atoms with van der Waals surface area (Å²) in [5.74, 6) is 2.18. The number of benzene rings is 2. The molecule has 0 unspecified atom stereocenters. The monoisotopic (exact) mass is 904 g/mol. The molecule has 1 amide bonds. The Morgan fingerprint density at radius 2 is 1.78 bits per heavy atom. The number of anilines is 1. The Morgan fingerprint density at radius 3 is 2.48 bits per heavy atom. The van der Waals surface area contributed by atoms with Crippen LogP contribution in [0.15, 0.2) is 48.6 Å². The van der Waals surface area contributed by atoms with Gasteiger partial charge >= 0.3 is 0 Å². The van der Waals surface area contributed by atoms with Crippen LogP contribution in [0.2, 0.25) is 5.02 Å². The van der Waals surface area contributed by atoms with Gasteiger partial charge in [0.05, 0.1) is 41.4 Å². The van der Waals surface area contributed by atoms with E-state index in [2.05, 4.69) is 32.0 Å². The van der Waals surface area contributed by atoms with Crippen LogP contribution in [0.3, 0.4) is 0 Å². The summed E-state index contributed by atoms with van der Waals surface area (Å²) < 4.78 is 46.2. The molecule has 332 valence electrons. The lowest BCUT2D eigenvalue weighted by Gasteiger charge is -2.51. The summed E-state index contributed by atoms with van der Waals surface area (Å²) in [5, 5.41) is 15.9. The van der Waals surface area contributed by atoms with Gasteiger partial charge < -0.3 is 29.5 Å². The van der Waals surface area contributed by atoms with Crippen molar-refractivity contribution in [1.82, 2.24) is 14.9 Å². The van der Waals surface area contributed by atoms with Crippen LogP contribution in [0.1, 0.15) is 73.9 Å². The van der Waals surface area contributed by atoms with E-state index in [1.165, 1.54) is 11.1 Å². The molecule has 1 spiro atoms. The van der Waals surface area contributed by atoms with Crippen LogP contribution < -0.4 is 19.7 Å². The van der Waals surface area contributed by atoms with Gasteiger partial charge in [0, 0.05) is 69.5 Å². The maximum absolute atomic E-state index is 13.5. The average molecular weight is 906 g/mol. The topological polar surface area (TPSA) is 130 Å². The molecule has 0 aromatic heterocycles. The predicted octanol–water partition coefficient (Wildman–Crippen LogP) is 6.36. The number of ether oxygens (including phenoxy) is 3. The van der Waals surface area contributed by atoms with E-state index in [9.17, 15) is 18.3 Å². The number of sulfonamides is 1. The van der Waals surface area contributed by atoms with Crippen LogP contribution in [0.5, 0.6) is 5.75 Å². The van der Waals surface area contributed by atoms with Crippen molar-refractivity contribution in [3.63, 3.8) is 0 Å². The Hall–Kier alpha value is -2.01. The Bertz CT molecular complexity index is 1920. The molecule has 3 N–H and O–H groups in total. The standard InChI is InChI=1S/C36H45ClN2O5S3.C9H20N2O2/c1-23-6-3-15-36(41,34-45-16-5-17-46-34)30-11-8-27(30)20-39-21-35(14-4-7-25-18-28(37)10-12-29(25)35)22-44-32-13-9-26(19-31(32)39)33(40)38-47(42,43)24(23)2;1-12-7-9(8-13-2)11-5-3-10-4-6-11/h3,9-10,12-13,15,18-19,23-24,27,30,34,41H,4-8,11,14,16-17,20-22H2,1-2H3,(H,38,40);9-10H,3-8H2,1-2H3/b15-3+;/t23-,24+,27-,30+,35-,36-;/m0./s1. The van der Waals surface area contributed by atoms with Gasteiger partial charge in [0.15, 0.2) is 0 Å². The number of allylic oxidation sites excluding steroid dienone is 1. The highest BCUT2D eigenvalue weighted by Gasteiger charge is 2.52. The van der Waals surface area contributed by atoms with Crippen molar-refractivity contribution in [2.24, 2.45) is 17.8 Å². The van der Waals surface area contributed by atoms with Gasteiger partial charge in [-0.1, -0.05) is 36.7 Å². The number of piperazine rings is 1. The molecule has 60 heavy (non-hydrogen) atoms. The lowest BCUT2D eigenvalue weighted by molar-refractivity contribution is -0.0333. The molecule has 3 fully saturated rings. The van der Waals surface area contributed by atoms with Crippen LogP contribution in [0.4, 0.5) is 5.69 Å². The largest absolute Gasteiger partial charge is 0.490 e. The van der Waals surface area contributed by atoms with Crippen molar-refractivity contribution < 1.29 is 32.5 Å². The molecule has 2 aliphatic carbocycles. The molecule has 11 nitrogen and oxygen atoms in total. The van der Waals surface area contributed by atoms with E-state index >= 15 is 0 Å². The minimum absolute atomic E-state index is 0.0302. The highest BCUT2D eigenvalue weighted by Crippen LogP contribution is 2.53. The fourth-order valence-electron chi connectivity index (χ4n) is 10.0. The number of aryl methyl sites for hydroxylation is 1. The van der Waals surface area contributed by atoms with Crippen molar-refractivity contribution in [2.45, 2.75) is 85.7 Å². The quantitative estimate of drug-likeness (QED) is 0.279. The van der Waals surface area contributed by atoms with Crippen molar-refractivity contribution in [3.05, 3.63) is 70.3 Å². The SMILES string of the molecule is COCC(COC)N1CCNCC1.C[C@@H]1[C@@H](C)C/C=C/[C@@](O)(C2SCCCS2)[C@@H]2CC[C@H]2CN2C[C@@]3(CCCc4cc(Cl)ccc43)COc3ccc(cc32)C(=O)NS1(=O)=O. The first-order chi connectivity index (χ1) is 28.9. The first-order valence-corrected chi connectivity index (χ1v) is 25.8. The molecule has 4 aliphatic heterocycles. The number of aliphatic hydroxyl groups is 1. The third-order valence-electron chi connectivity index (χ3n) is 13.8. The van der Waals surface area contributed by atoms with Gasteiger partial charge in [-0.15, -0.1) is 23.5 Å². The highest BCUT2D eigenvalue weighted by atomic mass is 35.5. The van der Waals surface area contributed by atoms with Gasteiger partial charge in [-0.05, 0) is 123 Å². The second kappa shape index (κ2) is 20.2. The number of fused-ring (bicyclic) bond motifs is 4. The molecule has 8 rings (SSSR count). The molecule has 4 heterocycles. The number of nitrogens with one attached hydrogen (secondary N) is 2. The summed E-state index contributed by atoms with van der Waals surface area (Å²) in [7, 11) is -0.472. The number of methoxy groups -OCH3 is 2. The van der Waals surface area contributed by atoms with Gasteiger partial charge in [0.1, 0.15) is 11.4 Å². The normalized spacial score (nSPS) is 31.6. The molecule has 2 bridgehead atoms. The van der Waals surface area contributed by atoms with Crippen molar-refractivity contribution in [2.75, 3.05) is 89.7 Å². The minimum Gasteiger partial charge on any atom is -0.490 e. The molecule has 6 aliphatic rings. The number of hydrogen-bond donors (Lipinski definition) is 3. The Morgan fingerprint density at radius 1 is 1.03 bits per heavy atom. The number of halogens is 1. The summed E-state index contributed by atoms with van der Waals surface area (Å²) in [6.45, 7) is 11.3. The first kappa shape index (κ1) is 46.0. The molecule has 6 atom stereocenters.